The van der Waals surface area contributed by atoms with E-state index in [2.05, 4.69) is 40.6 Å². The molecule has 3 nitrogen and oxygen atoms in total. The molecule has 120 valence electrons. The number of rotatable bonds is 6. The van der Waals surface area contributed by atoms with Gasteiger partial charge in [-0.05, 0) is 50.3 Å². The smallest absolute Gasteiger partial charge is 0.0642 e. The van der Waals surface area contributed by atoms with Gasteiger partial charge >= 0.3 is 0 Å². The highest BCUT2D eigenvalue weighted by Gasteiger charge is 2.14. The highest BCUT2D eigenvalue weighted by Crippen LogP contribution is 2.22. The van der Waals surface area contributed by atoms with Gasteiger partial charge < -0.3 is 15.0 Å². The summed E-state index contributed by atoms with van der Waals surface area (Å²) in [5.74, 6) is 0. The number of nitrogens with zero attached hydrogens (tertiary/aromatic N) is 1. The van der Waals surface area contributed by atoms with Crippen LogP contribution in [-0.4, -0.2) is 32.8 Å². The van der Waals surface area contributed by atoms with Crippen molar-refractivity contribution in [1.29, 1.82) is 0 Å². The average Bonchev–Trinajstić information content (AvgIpc) is 2.61. The van der Waals surface area contributed by atoms with Gasteiger partial charge in [-0.2, -0.15) is 0 Å². The molecule has 0 aromatic heterocycles. The van der Waals surface area contributed by atoms with Crippen LogP contribution in [0.3, 0.4) is 0 Å². The third-order valence-electron chi connectivity index (χ3n) is 4.67. The van der Waals surface area contributed by atoms with E-state index >= 15 is 0 Å². The van der Waals surface area contributed by atoms with Crippen LogP contribution in [0.2, 0.25) is 0 Å². The van der Waals surface area contributed by atoms with E-state index in [1.54, 1.807) is 5.57 Å². The molecule has 0 amide bonds. The predicted molar refractivity (Wildman–Crippen MR) is 92.3 cm³/mol. The number of morpholine rings is 1. The van der Waals surface area contributed by atoms with Crippen LogP contribution in [0.5, 0.6) is 0 Å². The number of hydrogen-bond donors (Lipinski definition) is 1. The Balaban J connectivity index is 1.50. The molecule has 0 atom stereocenters. The molecule has 1 heterocycles. The number of benzene rings is 1. The molecule has 0 bridgehead atoms. The lowest BCUT2D eigenvalue weighted by Crippen LogP contribution is -2.37. The second kappa shape index (κ2) is 8.35. The average molecular weight is 300 g/mol. The highest BCUT2D eigenvalue weighted by molar-refractivity contribution is 5.53. The maximum absolute atomic E-state index is 5.46. The van der Waals surface area contributed by atoms with E-state index in [9.17, 15) is 0 Å². The Kier molecular flexibility index (Phi) is 5.91. The number of allylic oxidation sites excluding steroid dienone is 1. The standard InChI is InChI=1S/C19H28N2O/c1-2-6-17(7-3-1)10-11-20-16-18-8-4-5-9-19(18)21-12-14-22-15-13-21/h4-6,8-9,20H,1-3,7,10-16H2. The van der Waals surface area contributed by atoms with Crippen molar-refractivity contribution < 1.29 is 4.74 Å². The van der Waals surface area contributed by atoms with Crippen molar-refractivity contribution in [3.05, 3.63) is 41.5 Å². The van der Waals surface area contributed by atoms with Crippen LogP contribution in [0, 0.1) is 0 Å². The number of ether oxygens (including phenoxy) is 1. The van der Waals surface area contributed by atoms with Crippen LogP contribution in [0.4, 0.5) is 5.69 Å². The summed E-state index contributed by atoms with van der Waals surface area (Å²) >= 11 is 0. The number of hydrogen-bond acceptors (Lipinski definition) is 3. The molecule has 22 heavy (non-hydrogen) atoms. The monoisotopic (exact) mass is 300 g/mol. The lowest BCUT2D eigenvalue weighted by Gasteiger charge is -2.30. The van der Waals surface area contributed by atoms with E-state index < -0.39 is 0 Å². The zero-order valence-corrected chi connectivity index (χ0v) is 13.5. The molecule has 1 aliphatic carbocycles. The molecule has 3 rings (SSSR count). The van der Waals surface area contributed by atoms with Gasteiger partial charge in [-0.25, -0.2) is 0 Å². The van der Waals surface area contributed by atoms with E-state index in [-0.39, 0.29) is 0 Å². The van der Waals surface area contributed by atoms with Gasteiger partial charge in [0.15, 0.2) is 0 Å². The Bertz CT molecular complexity index is 492. The van der Waals surface area contributed by atoms with Crippen molar-refractivity contribution in [1.82, 2.24) is 5.32 Å². The molecular weight excluding hydrogens is 272 g/mol. The molecule has 1 saturated heterocycles. The highest BCUT2D eigenvalue weighted by atomic mass is 16.5. The van der Waals surface area contributed by atoms with Gasteiger partial charge in [0, 0.05) is 25.3 Å². The van der Waals surface area contributed by atoms with E-state index in [1.165, 1.54) is 43.4 Å². The van der Waals surface area contributed by atoms with E-state index in [4.69, 9.17) is 4.74 Å². The zero-order chi connectivity index (χ0) is 15.0. The Morgan fingerprint density at radius 3 is 2.77 bits per heavy atom. The molecule has 1 aromatic carbocycles. The summed E-state index contributed by atoms with van der Waals surface area (Å²) < 4.78 is 5.46. The maximum Gasteiger partial charge on any atom is 0.0642 e. The van der Waals surface area contributed by atoms with Crippen molar-refractivity contribution in [2.24, 2.45) is 0 Å². The summed E-state index contributed by atoms with van der Waals surface area (Å²) in [6, 6.07) is 8.77. The Hall–Kier alpha value is -1.32. The van der Waals surface area contributed by atoms with Crippen LogP contribution >= 0.6 is 0 Å². The Morgan fingerprint density at radius 1 is 1.09 bits per heavy atom. The molecule has 1 aromatic rings. The van der Waals surface area contributed by atoms with Crippen molar-refractivity contribution in [3.8, 4) is 0 Å². The van der Waals surface area contributed by atoms with Crippen LogP contribution in [0.25, 0.3) is 0 Å². The first-order valence-corrected chi connectivity index (χ1v) is 8.73. The van der Waals surface area contributed by atoms with Crippen LogP contribution < -0.4 is 10.2 Å². The van der Waals surface area contributed by atoms with E-state index in [1.807, 2.05) is 0 Å². The summed E-state index contributed by atoms with van der Waals surface area (Å²) in [5.41, 5.74) is 4.43. The minimum Gasteiger partial charge on any atom is -0.378 e. The summed E-state index contributed by atoms with van der Waals surface area (Å²) in [6.45, 7) is 5.74. The fraction of sp³-hybridized carbons (Fsp3) is 0.579. The third-order valence-corrected chi connectivity index (χ3v) is 4.67. The second-order valence-corrected chi connectivity index (χ2v) is 6.26. The van der Waals surface area contributed by atoms with Crippen molar-refractivity contribution in [2.45, 2.75) is 38.6 Å². The summed E-state index contributed by atoms with van der Waals surface area (Å²) in [6.07, 6.45) is 9.02. The van der Waals surface area contributed by atoms with Gasteiger partial charge in [0.2, 0.25) is 0 Å². The van der Waals surface area contributed by atoms with E-state index in [0.717, 1.165) is 39.4 Å². The van der Waals surface area contributed by atoms with Gasteiger partial charge in [-0.15, -0.1) is 0 Å². The summed E-state index contributed by atoms with van der Waals surface area (Å²) in [5, 5.41) is 3.63. The van der Waals surface area contributed by atoms with Gasteiger partial charge in [-0.1, -0.05) is 29.8 Å². The fourth-order valence-corrected chi connectivity index (χ4v) is 3.38. The predicted octanol–water partition coefficient (Wildman–Crippen LogP) is 3.50. The first-order chi connectivity index (χ1) is 10.9. The fourth-order valence-electron chi connectivity index (χ4n) is 3.38. The normalized spacial score (nSPS) is 19.1. The first-order valence-electron chi connectivity index (χ1n) is 8.73. The zero-order valence-electron chi connectivity index (χ0n) is 13.5. The molecule has 0 saturated carbocycles. The lowest BCUT2D eigenvalue weighted by atomic mass is 9.97. The Labute approximate surface area is 134 Å². The molecule has 0 spiro atoms. The SMILES string of the molecule is C1=C(CCNCc2ccccc2N2CCOCC2)CCCC1. The maximum atomic E-state index is 5.46. The quantitative estimate of drug-likeness (QED) is 0.643. The van der Waals surface area contributed by atoms with Crippen molar-refractivity contribution >= 4 is 5.69 Å². The number of anilines is 1. The summed E-state index contributed by atoms with van der Waals surface area (Å²) in [7, 11) is 0. The molecular formula is C19H28N2O. The van der Waals surface area contributed by atoms with Crippen LogP contribution in [0.15, 0.2) is 35.9 Å². The molecule has 2 aliphatic rings. The van der Waals surface area contributed by atoms with Gasteiger partial charge in [0.1, 0.15) is 0 Å². The molecule has 0 unspecified atom stereocenters. The second-order valence-electron chi connectivity index (χ2n) is 6.26. The molecule has 0 radical (unpaired) electrons. The van der Waals surface area contributed by atoms with Crippen LogP contribution in [-0.2, 0) is 11.3 Å². The molecule has 3 heteroatoms. The Morgan fingerprint density at radius 2 is 1.95 bits per heavy atom. The van der Waals surface area contributed by atoms with Gasteiger partial charge in [0.25, 0.3) is 0 Å². The number of nitrogens with one attached hydrogen (secondary N) is 1. The molecule has 1 N–H and O–H groups in total. The lowest BCUT2D eigenvalue weighted by molar-refractivity contribution is 0.122. The minimum absolute atomic E-state index is 0.843. The van der Waals surface area contributed by atoms with Crippen molar-refractivity contribution in [2.75, 3.05) is 37.7 Å². The topological polar surface area (TPSA) is 24.5 Å². The van der Waals surface area contributed by atoms with Crippen molar-refractivity contribution in [3.63, 3.8) is 0 Å². The summed E-state index contributed by atoms with van der Waals surface area (Å²) in [4.78, 5) is 2.45. The molecule has 1 fully saturated rings. The minimum atomic E-state index is 0.843. The third kappa shape index (κ3) is 4.34. The largest absolute Gasteiger partial charge is 0.378 e. The van der Waals surface area contributed by atoms with E-state index in [0.29, 0.717) is 0 Å². The van der Waals surface area contributed by atoms with Crippen LogP contribution in [0.1, 0.15) is 37.7 Å². The first kappa shape index (κ1) is 15.6. The molecule has 1 aliphatic heterocycles. The number of para-hydroxylation sites is 1. The van der Waals surface area contributed by atoms with Gasteiger partial charge in [-0.3, -0.25) is 0 Å². The van der Waals surface area contributed by atoms with Gasteiger partial charge in [0.05, 0.1) is 13.2 Å².